The third kappa shape index (κ3) is 3.73. The molecule has 0 aliphatic carbocycles. The van der Waals surface area contributed by atoms with Gasteiger partial charge in [0.25, 0.3) is 0 Å². The van der Waals surface area contributed by atoms with Crippen LogP contribution in [-0.4, -0.2) is 16.3 Å². The second-order valence-electron chi connectivity index (χ2n) is 6.64. The highest BCUT2D eigenvalue weighted by atomic mass is 32.1. The molecule has 4 rings (SSSR count). The summed E-state index contributed by atoms with van der Waals surface area (Å²) < 4.78 is 1.20. The molecule has 0 amide bonds. The van der Waals surface area contributed by atoms with E-state index < -0.39 is 0 Å². The molecule has 0 unspecified atom stereocenters. The zero-order valence-corrected chi connectivity index (χ0v) is 16.4. The molecule has 0 bridgehead atoms. The predicted octanol–water partition coefficient (Wildman–Crippen LogP) is 6.46. The van der Waals surface area contributed by atoms with Crippen molar-refractivity contribution in [3.8, 4) is 16.3 Å². The molecule has 1 heterocycles. The summed E-state index contributed by atoms with van der Waals surface area (Å²) >= 11 is 1.70. The molecule has 0 saturated heterocycles. The van der Waals surface area contributed by atoms with Gasteiger partial charge in [-0.3, -0.25) is 4.99 Å². The number of nitrogens with zero attached hydrogens (tertiary/aromatic N) is 2. The number of hydrogen-bond acceptors (Lipinski definition) is 4. The maximum Gasteiger partial charge on any atom is 0.127 e. The molecule has 0 fully saturated rings. The van der Waals surface area contributed by atoms with Crippen molar-refractivity contribution in [2.24, 2.45) is 4.99 Å². The SMILES string of the molecule is C=CCc1cccc(C=Nc2ccc(-c3nc4ccc(C)cc4s3)cc2)c1O. The number of allylic oxidation sites excluding steroid dienone is 1. The van der Waals surface area contributed by atoms with Crippen molar-refractivity contribution in [3.05, 3.63) is 90.0 Å². The van der Waals surface area contributed by atoms with Crippen molar-refractivity contribution in [3.63, 3.8) is 0 Å². The Labute approximate surface area is 168 Å². The molecule has 0 spiro atoms. The summed E-state index contributed by atoms with van der Waals surface area (Å²) in [5, 5.41) is 11.3. The van der Waals surface area contributed by atoms with E-state index >= 15 is 0 Å². The van der Waals surface area contributed by atoms with Crippen LogP contribution in [-0.2, 0) is 6.42 Å². The maximum absolute atomic E-state index is 10.3. The molecule has 4 heteroatoms. The normalized spacial score (nSPS) is 11.3. The van der Waals surface area contributed by atoms with Crippen LogP contribution in [0.15, 0.2) is 78.3 Å². The van der Waals surface area contributed by atoms with Gasteiger partial charge < -0.3 is 5.11 Å². The Morgan fingerprint density at radius 2 is 1.93 bits per heavy atom. The quantitative estimate of drug-likeness (QED) is 0.317. The first-order chi connectivity index (χ1) is 13.6. The fourth-order valence-corrected chi connectivity index (χ4v) is 4.09. The van der Waals surface area contributed by atoms with Crippen LogP contribution in [0.4, 0.5) is 5.69 Å². The lowest BCUT2D eigenvalue weighted by Gasteiger charge is -2.04. The van der Waals surface area contributed by atoms with Crippen LogP contribution < -0.4 is 0 Å². The smallest absolute Gasteiger partial charge is 0.127 e. The molecule has 0 aliphatic heterocycles. The van der Waals surface area contributed by atoms with Crippen molar-refractivity contribution >= 4 is 33.5 Å². The van der Waals surface area contributed by atoms with E-state index in [1.807, 2.05) is 42.5 Å². The summed E-state index contributed by atoms with van der Waals surface area (Å²) in [5.41, 5.74) is 5.73. The van der Waals surface area contributed by atoms with Crippen LogP contribution in [0.2, 0.25) is 0 Å². The van der Waals surface area contributed by atoms with Gasteiger partial charge in [0.15, 0.2) is 0 Å². The topological polar surface area (TPSA) is 45.5 Å². The number of thiazole rings is 1. The molecule has 3 nitrogen and oxygen atoms in total. The number of para-hydroxylation sites is 1. The van der Waals surface area contributed by atoms with E-state index in [0.717, 1.165) is 27.3 Å². The van der Waals surface area contributed by atoms with E-state index in [0.29, 0.717) is 12.0 Å². The van der Waals surface area contributed by atoms with E-state index in [1.165, 1.54) is 10.3 Å². The van der Waals surface area contributed by atoms with Gasteiger partial charge in [-0.2, -0.15) is 0 Å². The van der Waals surface area contributed by atoms with Gasteiger partial charge in [-0.05, 0) is 66.9 Å². The summed E-state index contributed by atoms with van der Waals surface area (Å²) in [6, 6.07) is 20.0. The number of rotatable bonds is 5. The lowest BCUT2D eigenvalue weighted by Crippen LogP contribution is -1.88. The van der Waals surface area contributed by atoms with E-state index in [4.69, 9.17) is 4.98 Å². The first kappa shape index (κ1) is 18.1. The Kier molecular flexibility index (Phi) is 5.04. The van der Waals surface area contributed by atoms with E-state index in [9.17, 15) is 5.11 Å². The average molecular weight is 385 g/mol. The summed E-state index contributed by atoms with van der Waals surface area (Å²) in [6.45, 7) is 5.82. The third-order valence-corrected chi connectivity index (χ3v) is 5.59. The van der Waals surface area contributed by atoms with Gasteiger partial charge in [-0.1, -0.05) is 24.3 Å². The molecule has 3 aromatic carbocycles. The number of benzene rings is 3. The minimum atomic E-state index is 0.257. The standard InChI is InChI=1S/C24H20N2OS/c1-3-5-17-6-4-7-19(23(17)27)15-25-20-11-9-18(10-12-20)24-26-21-13-8-16(2)14-22(21)28-24/h3-4,6-15,27H,1,5H2,2H3. The molecular weight excluding hydrogens is 364 g/mol. The van der Waals surface area contributed by atoms with E-state index in [-0.39, 0.29) is 5.75 Å². The Balaban J connectivity index is 1.57. The van der Waals surface area contributed by atoms with Crippen molar-refractivity contribution in [2.45, 2.75) is 13.3 Å². The zero-order valence-electron chi connectivity index (χ0n) is 15.6. The van der Waals surface area contributed by atoms with Crippen LogP contribution >= 0.6 is 11.3 Å². The second-order valence-corrected chi connectivity index (χ2v) is 7.67. The first-order valence-electron chi connectivity index (χ1n) is 9.07. The number of aryl methyl sites for hydroxylation is 1. The van der Waals surface area contributed by atoms with Crippen molar-refractivity contribution in [1.29, 1.82) is 0 Å². The largest absolute Gasteiger partial charge is 0.507 e. The van der Waals surface area contributed by atoms with Gasteiger partial charge in [-0.25, -0.2) is 4.98 Å². The van der Waals surface area contributed by atoms with Gasteiger partial charge in [-0.15, -0.1) is 17.9 Å². The number of phenolic OH excluding ortho intramolecular Hbond substituents is 1. The van der Waals surface area contributed by atoms with Crippen LogP contribution in [0, 0.1) is 6.92 Å². The molecule has 0 aliphatic rings. The summed E-state index contributed by atoms with van der Waals surface area (Å²) in [6.07, 6.45) is 4.10. The van der Waals surface area contributed by atoms with Crippen molar-refractivity contribution in [2.75, 3.05) is 0 Å². The molecular formula is C24H20N2OS. The fourth-order valence-electron chi connectivity index (χ4n) is 3.03. The van der Waals surface area contributed by atoms with Gasteiger partial charge >= 0.3 is 0 Å². The number of aliphatic imine (C=N–C) groups is 1. The van der Waals surface area contributed by atoms with Crippen molar-refractivity contribution < 1.29 is 5.11 Å². The predicted molar refractivity (Wildman–Crippen MR) is 119 cm³/mol. The maximum atomic E-state index is 10.3. The molecule has 1 N–H and O–H groups in total. The van der Waals surface area contributed by atoms with E-state index in [1.54, 1.807) is 23.6 Å². The first-order valence-corrected chi connectivity index (χ1v) is 9.89. The third-order valence-electron chi connectivity index (χ3n) is 4.53. The van der Waals surface area contributed by atoms with Gasteiger partial charge in [0.1, 0.15) is 10.8 Å². The average Bonchev–Trinajstić information content (AvgIpc) is 3.12. The lowest BCUT2D eigenvalue weighted by molar-refractivity contribution is 0.469. The zero-order chi connectivity index (χ0) is 19.5. The van der Waals surface area contributed by atoms with E-state index in [2.05, 4.69) is 36.7 Å². The number of phenols is 1. The Morgan fingerprint density at radius 1 is 1.11 bits per heavy atom. The number of fused-ring (bicyclic) bond motifs is 1. The Bertz CT molecular complexity index is 1170. The molecule has 0 atom stereocenters. The highest BCUT2D eigenvalue weighted by Gasteiger charge is 2.07. The molecule has 138 valence electrons. The summed E-state index contributed by atoms with van der Waals surface area (Å²) in [4.78, 5) is 9.22. The minimum absolute atomic E-state index is 0.257. The molecule has 1 aromatic heterocycles. The van der Waals surface area contributed by atoms with Gasteiger partial charge in [0.2, 0.25) is 0 Å². The number of hydrogen-bond donors (Lipinski definition) is 1. The van der Waals surface area contributed by atoms with Gasteiger partial charge in [0, 0.05) is 17.3 Å². The molecule has 28 heavy (non-hydrogen) atoms. The second kappa shape index (κ2) is 7.79. The monoisotopic (exact) mass is 384 g/mol. The Hall–Kier alpha value is -3.24. The summed E-state index contributed by atoms with van der Waals surface area (Å²) in [7, 11) is 0. The highest BCUT2D eigenvalue weighted by molar-refractivity contribution is 7.21. The number of aromatic hydroxyl groups is 1. The Morgan fingerprint density at radius 3 is 2.71 bits per heavy atom. The molecule has 0 radical (unpaired) electrons. The van der Waals surface area contributed by atoms with Crippen LogP contribution in [0.25, 0.3) is 20.8 Å². The van der Waals surface area contributed by atoms with Crippen molar-refractivity contribution in [1.82, 2.24) is 4.98 Å². The summed E-state index contributed by atoms with van der Waals surface area (Å²) in [5.74, 6) is 0.257. The van der Waals surface area contributed by atoms with Crippen LogP contribution in [0.3, 0.4) is 0 Å². The number of aromatic nitrogens is 1. The fraction of sp³-hybridized carbons (Fsp3) is 0.0833. The lowest BCUT2D eigenvalue weighted by atomic mass is 10.1. The molecule has 4 aromatic rings. The highest BCUT2D eigenvalue weighted by Crippen LogP contribution is 2.31. The van der Waals surface area contributed by atoms with Crippen LogP contribution in [0.1, 0.15) is 16.7 Å². The van der Waals surface area contributed by atoms with Gasteiger partial charge in [0.05, 0.1) is 15.9 Å². The molecule has 0 saturated carbocycles. The minimum Gasteiger partial charge on any atom is -0.507 e. The van der Waals surface area contributed by atoms with Crippen LogP contribution in [0.5, 0.6) is 5.75 Å².